The van der Waals surface area contributed by atoms with Gasteiger partial charge in [-0.05, 0) is 96.0 Å². The topological polar surface area (TPSA) is 92.7 Å². The Bertz CT molecular complexity index is 1080. The van der Waals surface area contributed by atoms with Crippen molar-refractivity contribution in [2.24, 2.45) is 0 Å². The Labute approximate surface area is 305 Å². The zero-order valence-corrected chi connectivity index (χ0v) is 31.5. The van der Waals surface area contributed by atoms with E-state index in [9.17, 15) is 14.4 Å². The van der Waals surface area contributed by atoms with Crippen LogP contribution in [0, 0.1) is 0 Å². The van der Waals surface area contributed by atoms with Crippen LogP contribution in [0.1, 0.15) is 149 Å². The molecule has 0 rings (SSSR count). The van der Waals surface area contributed by atoms with Crippen LogP contribution in [0.4, 0.5) is 0 Å². The number of esters is 1. The molecule has 0 saturated heterocycles. The summed E-state index contributed by atoms with van der Waals surface area (Å²) >= 11 is 0. The van der Waals surface area contributed by atoms with Gasteiger partial charge in [0.1, 0.15) is 12.6 Å². The summed E-state index contributed by atoms with van der Waals surface area (Å²) in [7, 11) is 0. The summed E-state index contributed by atoms with van der Waals surface area (Å²) < 4.78 is 5.83. The summed E-state index contributed by atoms with van der Waals surface area (Å²) in [4.78, 5) is 34.8. The molecule has 6 heteroatoms. The summed E-state index contributed by atoms with van der Waals surface area (Å²) in [5, 5.41) is 11.0. The number of hydrogen-bond acceptors (Lipinski definition) is 4. The lowest BCUT2D eigenvalue weighted by molar-refractivity contribution is -0.147. The number of ether oxygens (including phenoxy) is 1. The number of unbranched alkanes of at least 4 members (excludes halogenated alkanes) is 8. The minimum absolute atomic E-state index is 0.147. The van der Waals surface area contributed by atoms with Gasteiger partial charge in [-0.15, -0.1) is 0 Å². The number of rotatable bonds is 33. The van der Waals surface area contributed by atoms with E-state index in [2.05, 4.69) is 116 Å². The fourth-order valence-corrected chi connectivity index (χ4v) is 4.88. The summed E-state index contributed by atoms with van der Waals surface area (Å²) in [5.41, 5.74) is 0. The van der Waals surface area contributed by atoms with Crippen molar-refractivity contribution in [3.8, 4) is 0 Å². The number of carbonyl (C=O) groups excluding carboxylic acids is 2. The van der Waals surface area contributed by atoms with E-state index in [-0.39, 0.29) is 24.5 Å². The Hall–Kier alpha value is -3.67. The number of carboxylic acid groups (broad SMARTS) is 1. The molecule has 0 aromatic carbocycles. The van der Waals surface area contributed by atoms with E-state index in [1.54, 1.807) is 0 Å². The monoisotopic (exact) mass is 692 g/mol. The molecule has 1 amide bonds. The molecule has 0 aliphatic heterocycles. The lowest BCUT2D eigenvalue weighted by atomic mass is 10.1. The van der Waals surface area contributed by atoms with Gasteiger partial charge >= 0.3 is 11.9 Å². The molecular weight excluding hydrogens is 622 g/mol. The highest BCUT2D eigenvalue weighted by Gasteiger charge is 2.11. The first-order chi connectivity index (χ1) is 24.5. The second-order valence-electron chi connectivity index (χ2n) is 12.4. The second-order valence-corrected chi connectivity index (χ2v) is 12.4. The van der Waals surface area contributed by atoms with E-state index in [0.29, 0.717) is 12.8 Å². The molecule has 2 N–H and O–H groups in total. The predicted molar refractivity (Wildman–Crippen MR) is 212 cm³/mol. The Morgan fingerprint density at radius 1 is 0.560 bits per heavy atom. The average Bonchev–Trinajstić information content (AvgIpc) is 3.10. The molecular formula is C44H69NO5. The van der Waals surface area contributed by atoms with E-state index in [4.69, 9.17) is 9.84 Å². The van der Waals surface area contributed by atoms with Crippen LogP contribution in [0.5, 0.6) is 0 Å². The van der Waals surface area contributed by atoms with Crippen LogP contribution in [-0.4, -0.2) is 35.6 Å². The van der Waals surface area contributed by atoms with Crippen LogP contribution in [0.15, 0.2) is 97.2 Å². The zero-order valence-electron chi connectivity index (χ0n) is 31.5. The van der Waals surface area contributed by atoms with Gasteiger partial charge in [0.05, 0.1) is 0 Å². The number of aliphatic carboxylic acids is 1. The third-order valence-corrected chi connectivity index (χ3v) is 7.72. The van der Waals surface area contributed by atoms with E-state index in [1.165, 1.54) is 19.3 Å². The number of nitrogens with one attached hydrogen (secondary N) is 1. The smallest absolute Gasteiger partial charge is 0.322 e. The first-order valence-electron chi connectivity index (χ1n) is 19.4. The van der Waals surface area contributed by atoms with Crippen LogP contribution in [0.25, 0.3) is 0 Å². The molecule has 0 aliphatic rings. The van der Waals surface area contributed by atoms with Gasteiger partial charge in [0, 0.05) is 12.8 Å². The van der Waals surface area contributed by atoms with Gasteiger partial charge in [0.15, 0.2) is 0 Å². The van der Waals surface area contributed by atoms with E-state index < -0.39 is 5.97 Å². The van der Waals surface area contributed by atoms with Crippen molar-refractivity contribution in [3.05, 3.63) is 97.2 Å². The van der Waals surface area contributed by atoms with Gasteiger partial charge in [-0.1, -0.05) is 137 Å². The molecule has 280 valence electrons. The van der Waals surface area contributed by atoms with Gasteiger partial charge in [-0.25, -0.2) is 0 Å². The molecule has 50 heavy (non-hydrogen) atoms. The second kappa shape index (κ2) is 38.1. The molecule has 1 unspecified atom stereocenters. The van der Waals surface area contributed by atoms with Crippen molar-refractivity contribution in [1.82, 2.24) is 5.32 Å². The first-order valence-corrected chi connectivity index (χ1v) is 19.4. The zero-order chi connectivity index (χ0) is 36.6. The molecule has 0 aromatic rings. The summed E-state index contributed by atoms with van der Waals surface area (Å²) in [6.45, 7) is 4.02. The van der Waals surface area contributed by atoms with Crippen LogP contribution >= 0.6 is 0 Å². The Balaban J connectivity index is 4.15. The first kappa shape index (κ1) is 46.3. The van der Waals surface area contributed by atoms with E-state index in [1.807, 2.05) is 0 Å². The molecule has 0 fully saturated rings. The standard InChI is InChI=1S/C44H69NO5/c1-3-5-7-9-11-12-13-14-15-16-17-18-19-20-21-22-23-24-25-26-27-29-35-39-44(49)50-41(36-32-28-10-8-6-4-2)37-33-30-31-34-38-42(46)45-40-43(47)48/h5,7,11-12,14-15,17-18,20-21,23-24,26-27,32,36,41H,3-4,6,8-10,13,16,19,22,25,28-31,33-35,37-40H2,1-2H3,(H,45,46)(H,47,48)/b7-5-,12-11-,15-14-,18-17-,21-20-,24-23-,27-26-,36-32-. The van der Waals surface area contributed by atoms with Gasteiger partial charge in [0.2, 0.25) is 5.91 Å². The fraction of sp³-hybridized carbons (Fsp3) is 0.568. The maximum absolute atomic E-state index is 12.6. The molecule has 6 nitrogen and oxygen atoms in total. The molecule has 0 saturated carbocycles. The number of carbonyl (C=O) groups is 3. The lowest BCUT2D eigenvalue weighted by Gasteiger charge is -2.14. The summed E-state index contributed by atoms with van der Waals surface area (Å²) in [6.07, 6.45) is 54.1. The third kappa shape index (κ3) is 37.2. The maximum Gasteiger partial charge on any atom is 0.322 e. The third-order valence-electron chi connectivity index (χ3n) is 7.72. The van der Waals surface area contributed by atoms with Gasteiger partial charge < -0.3 is 15.2 Å². The van der Waals surface area contributed by atoms with Crippen molar-refractivity contribution in [3.63, 3.8) is 0 Å². The van der Waals surface area contributed by atoms with E-state index >= 15 is 0 Å². The van der Waals surface area contributed by atoms with Crippen LogP contribution < -0.4 is 5.32 Å². The summed E-state index contributed by atoms with van der Waals surface area (Å²) in [6, 6.07) is 0. The largest absolute Gasteiger partial charge is 0.480 e. The van der Waals surface area contributed by atoms with Gasteiger partial charge in [-0.3, -0.25) is 14.4 Å². The van der Waals surface area contributed by atoms with Crippen LogP contribution in [0.2, 0.25) is 0 Å². The average molecular weight is 692 g/mol. The predicted octanol–water partition coefficient (Wildman–Crippen LogP) is 11.8. The van der Waals surface area contributed by atoms with Crippen LogP contribution in [0.3, 0.4) is 0 Å². The minimum atomic E-state index is -1.04. The fourth-order valence-electron chi connectivity index (χ4n) is 4.88. The summed E-state index contributed by atoms with van der Waals surface area (Å²) in [5.74, 6) is -1.41. The molecule has 1 atom stereocenters. The van der Waals surface area contributed by atoms with Crippen molar-refractivity contribution in [2.75, 3.05) is 6.54 Å². The van der Waals surface area contributed by atoms with Crippen LogP contribution in [-0.2, 0) is 19.1 Å². The number of carboxylic acids is 1. The molecule has 0 aromatic heterocycles. The highest BCUT2D eigenvalue weighted by atomic mass is 16.5. The number of hydrogen-bond donors (Lipinski definition) is 2. The minimum Gasteiger partial charge on any atom is -0.480 e. The quantitative estimate of drug-likeness (QED) is 0.0406. The van der Waals surface area contributed by atoms with Crippen molar-refractivity contribution < 1.29 is 24.2 Å². The lowest BCUT2D eigenvalue weighted by Crippen LogP contribution is -2.28. The Kier molecular flexibility index (Phi) is 35.3. The molecule has 0 radical (unpaired) electrons. The number of amides is 1. The number of allylic oxidation sites excluding steroid dienone is 15. The maximum atomic E-state index is 12.6. The molecule has 0 heterocycles. The van der Waals surface area contributed by atoms with Crippen molar-refractivity contribution >= 4 is 17.8 Å². The van der Waals surface area contributed by atoms with E-state index in [0.717, 1.165) is 103 Å². The SMILES string of the molecule is CC/C=C\C/C=C\C/C=C\C/C=C\C/C=C\C/C=C\C/C=C\CCCC(=O)OC(/C=C\CCCCCC)CCCCCCC(=O)NCC(=O)O. The Morgan fingerprint density at radius 3 is 1.60 bits per heavy atom. The Morgan fingerprint density at radius 2 is 1.06 bits per heavy atom. The van der Waals surface area contributed by atoms with Gasteiger partial charge in [-0.2, -0.15) is 0 Å². The van der Waals surface area contributed by atoms with Gasteiger partial charge in [0.25, 0.3) is 0 Å². The highest BCUT2D eigenvalue weighted by Crippen LogP contribution is 2.14. The molecule has 0 aliphatic carbocycles. The normalized spacial score (nSPS) is 13.2. The van der Waals surface area contributed by atoms with Crippen molar-refractivity contribution in [2.45, 2.75) is 155 Å². The molecule has 0 spiro atoms. The van der Waals surface area contributed by atoms with Crippen molar-refractivity contribution in [1.29, 1.82) is 0 Å². The molecule has 0 bridgehead atoms. The highest BCUT2D eigenvalue weighted by molar-refractivity contribution is 5.80.